The van der Waals surface area contributed by atoms with Gasteiger partial charge in [0.25, 0.3) is 5.91 Å². The lowest BCUT2D eigenvalue weighted by molar-refractivity contribution is -0.136. The minimum absolute atomic E-state index is 0.105. The van der Waals surface area contributed by atoms with Gasteiger partial charge in [-0.15, -0.1) is 0 Å². The fraction of sp³-hybridized carbons (Fsp3) is 0.500. The van der Waals surface area contributed by atoms with Gasteiger partial charge in [0.15, 0.2) is 0 Å². The average molecular weight is 342 g/mol. The Balaban J connectivity index is 1.52. The molecule has 1 unspecified atom stereocenters. The number of nitrogens with zero attached hydrogens (tertiary/aromatic N) is 1. The van der Waals surface area contributed by atoms with Crippen LogP contribution in [-0.2, 0) is 22.7 Å². The Bertz CT molecular complexity index is 727. The van der Waals surface area contributed by atoms with Gasteiger partial charge in [0.1, 0.15) is 6.04 Å². The predicted octanol–water partition coefficient (Wildman–Crippen LogP) is -0.101. The van der Waals surface area contributed by atoms with Crippen molar-refractivity contribution >= 4 is 17.7 Å². The first-order valence-electron chi connectivity index (χ1n) is 8.83. The van der Waals surface area contributed by atoms with Crippen molar-refractivity contribution in [2.45, 2.75) is 44.4 Å². The van der Waals surface area contributed by atoms with Crippen LogP contribution in [0, 0.1) is 0 Å². The highest BCUT2D eigenvalue weighted by Gasteiger charge is 2.39. The minimum atomic E-state index is -0.558. The monoisotopic (exact) mass is 342 g/mol. The third kappa shape index (κ3) is 3.05. The van der Waals surface area contributed by atoms with Gasteiger partial charge in [0.2, 0.25) is 11.8 Å². The highest BCUT2D eigenvalue weighted by Crippen LogP contribution is 2.29. The number of hydrogen-bond acceptors (Lipinski definition) is 5. The molecule has 3 N–H and O–H groups in total. The second kappa shape index (κ2) is 6.57. The molecule has 7 nitrogen and oxygen atoms in total. The van der Waals surface area contributed by atoms with Crippen molar-refractivity contribution in [3.63, 3.8) is 0 Å². The molecule has 0 radical (unpaired) electrons. The number of carbonyl (C=O) groups is 3. The Hall–Kier alpha value is -2.25. The van der Waals surface area contributed by atoms with E-state index in [4.69, 9.17) is 0 Å². The molecular weight excluding hydrogens is 320 g/mol. The van der Waals surface area contributed by atoms with Gasteiger partial charge in [-0.25, -0.2) is 0 Å². The molecule has 0 aliphatic carbocycles. The smallest absolute Gasteiger partial charge is 0.255 e. The van der Waals surface area contributed by atoms with E-state index >= 15 is 0 Å². The summed E-state index contributed by atoms with van der Waals surface area (Å²) < 4.78 is 0. The van der Waals surface area contributed by atoms with Crippen molar-refractivity contribution in [3.8, 4) is 0 Å². The van der Waals surface area contributed by atoms with Gasteiger partial charge in [0, 0.05) is 37.7 Å². The lowest BCUT2D eigenvalue weighted by atomic mass is 10.0. The molecule has 3 amide bonds. The first kappa shape index (κ1) is 16.2. The SMILES string of the molecule is O=C1CCC(N2Cc3cccc(CN[C@@H]4CCNC4)c3C2=O)C(=O)N1. The topological polar surface area (TPSA) is 90.5 Å². The molecule has 3 aliphatic heterocycles. The van der Waals surface area contributed by atoms with Gasteiger partial charge in [-0.1, -0.05) is 18.2 Å². The van der Waals surface area contributed by atoms with Crippen LogP contribution in [0.1, 0.15) is 40.7 Å². The van der Waals surface area contributed by atoms with Crippen molar-refractivity contribution in [1.82, 2.24) is 20.9 Å². The van der Waals surface area contributed by atoms with Crippen LogP contribution in [-0.4, -0.2) is 47.8 Å². The molecule has 4 rings (SSSR count). The van der Waals surface area contributed by atoms with Crippen LogP contribution in [0.5, 0.6) is 0 Å². The molecule has 2 fully saturated rings. The van der Waals surface area contributed by atoms with Crippen LogP contribution < -0.4 is 16.0 Å². The number of carbonyl (C=O) groups excluding carboxylic acids is 3. The summed E-state index contributed by atoms with van der Waals surface area (Å²) >= 11 is 0. The largest absolute Gasteiger partial charge is 0.322 e. The molecule has 3 heterocycles. The van der Waals surface area contributed by atoms with E-state index in [2.05, 4.69) is 16.0 Å². The van der Waals surface area contributed by atoms with Crippen LogP contribution in [0.15, 0.2) is 18.2 Å². The first-order valence-corrected chi connectivity index (χ1v) is 8.83. The van der Waals surface area contributed by atoms with Crippen molar-refractivity contribution < 1.29 is 14.4 Å². The predicted molar refractivity (Wildman–Crippen MR) is 90.6 cm³/mol. The Labute approximate surface area is 146 Å². The maximum atomic E-state index is 13.0. The fourth-order valence-electron chi connectivity index (χ4n) is 3.92. The number of rotatable bonds is 4. The van der Waals surface area contributed by atoms with E-state index in [0.29, 0.717) is 31.1 Å². The van der Waals surface area contributed by atoms with Gasteiger partial charge >= 0.3 is 0 Å². The molecule has 25 heavy (non-hydrogen) atoms. The molecule has 7 heteroatoms. The summed E-state index contributed by atoms with van der Waals surface area (Å²) in [6.07, 6.45) is 1.76. The van der Waals surface area contributed by atoms with Gasteiger partial charge < -0.3 is 15.5 Å². The zero-order chi connectivity index (χ0) is 17.4. The van der Waals surface area contributed by atoms with Crippen molar-refractivity contribution in [2.75, 3.05) is 13.1 Å². The summed E-state index contributed by atoms with van der Waals surface area (Å²) in [5.41, 5.74) is 2.65. The van der Waals surface area contributed by atoms with Crippen LogP contribution in [0.25, 0.3) is 0 Å². The maximum absolute atomic E-state index is 13.0. The molecule has 0 aromatic heterocycles. The standard InChI is InChI=1S/C18H22N4O3/c23-15-5-4-14(17(24)21-15)22-10-12-3-1-2-11(16(12)18(22)25)8-20-13-6-7-19-9-13/h1-3,13-14,19-20H,4-10H2,(H,21,23,24)/t13-,14?/m1/s1. The van der Waals surface area contributed by atoms with Gasteiger partial charge in [0.05, 0.1) is 0 Å². The first-order chi connectivity index (χ1) is 12.1. The van der Waals surface area contributed by atoms with E-state index in [1.807, 2.05) is 18.2 Å². The molecule has 0 spiro atoms. The van der Waals surface area contributed by atoms with Gasteiger partial charge in [-0.3, -0.25) is 19.7 Å². The van der Waals surface area contributed by atoms with Crippen molar-refractivity contribution in [1.29, 1.82) is 0 Å². The van der Waals surface area contributed by atoms with E-state index in [1.54, 1.807) is 4.90 Å². The number of imide groups is 1. The lowest BCUT2D eigenvalue weighted by Gasteiger charge is -2.29. The molecule has 3 aliphatic rings. The van der Waals surface area contributed by atoms with E-state index in [1.165, 1.54) is 0 Å². The quantitative estimate of drug-likeness (QED) is 0.665. The number of amides is 3. The third-order valence-corrected chi connectivity index (χ3v) is 5.28. The Kier molecular flexibility index (Phi) is 4.27. The molecule has 132 valence electrons. The normalized spacial score (nSPS) is 26.1. The summed E-state index contributed by atoms with van der Waals surface area (Å²) in [6.45, 7) is 3.04. The zero-order valence-corrected chi connectivity index (χ0v) is 14.0. The van der Waals surface area contributed by atoms with E-state index in [0.717, 1.165) is 30.6 Å². The molecule has 2 atom stereocenters. The molecule has 0 bridgehead atoms. The zero-order valence-electron chi connectivity index (χ0n) is 14.0. The summed E-state index contributed by atoms with van der Waals surface area (Å²) in [5.74, 6) is -0.735. The highest BCUT2D eigenvalue weighted by atomic mass is 16.2. The van der Waals surface area contributed by atoms with E-state index < -0.39 is 6.04 Å². The van der Waals surface area contributed by atoms with Crippen molar-refractivity contribution in [2.24, 2.45) is 0 Å². The van der Waals surface area contributed by atoms with Gasteiger partial charge in [-0.2, -0.15) is 0 Å². The van der Waals surface area contributed by atoms with Crippen molar-refractivity contribution in [3.05, 3.63) is 34.9 Å². The highest BCUT2D eigenvalue weighted by molar-refractivity contribution is 6.05. The molecule has 0 saturated carbocycles. The maximum Gasteiger partial charge on any atom is 0.255 e. The Morgan fingerprint density at radius 2 is 2.08 bits per heavy atom. The van der Waals surface area contributed by atoms with Gasteiger partial charge in [-0.05, 0) is 30.5 Å². The fourth-order valence-corrected chi connectivity index (χ4v) is 3.92. The number of hydrogen-bond donors (Lipinski definition) is 3. The van der Waals surface area contributed by atoms with E-state index in [-0.39, 0.29) is 24.1 Å². The summed E-state index contributed by atoms with van der Waals surface area (Å²) in [7, 11) is 0. The summed E-state index contributed by atoms with van der Waals surface area (Å²) in [5, 5.41) is 9.16. The number of piperidine rings is 1. The number of nitrogens with one attached hydrogen (secondary N) is 3. The molecule has 2 saturated heterocycles. The molecule has 1 aromatic carbocycles. The Morgan fingerprint density at radius 3 is 2.84 bits per heavy atom. The summed E-state index contributed by atoms with van der Waals surface area (Å²) in [6, 6.07) is 5.75. The van der Waals surface area contributed by atoms with Crippen LogP contribution in [0.3, 0.4) is 0 Å². The minimum Gasteiger partial charge on any atom is -0.322 e. The molecule has 1 aromatic rings. The number of benzene rings is 1. The second-order valence-electron chi connectivity index (χ2n) is 6.92. The Morgan fingerprint density at radius 1 is 1.20 bits per heavy atom. The number of fused-ring (bicyclic) bond motifs is 1. The third-order valence-electron chi connectivity index (χ3n) is 5.28. The second-order valence-corrected chi connectivity index (χ2v) is 6.92. The van der Waals surface area contributed by atoms with Crippen LogP contribution in [0.2, 0.25) is 0 Å². The van der Waals surface area contributed by atoms with E-state index in [9.17, 15) is 14.4 Å². The lowest BCUT2D eigenvalue weighted by Crippen LogP contribution is -2.52. The molecular formula is C18H22N4O3. The average Bonchev–Trinajstić information content (AvgIpc) is 3.22. The van der Waals surface area contributed by atoms with Crippen LogP contribution >= 0.6 is 0 Å². The summed E-state index contributed by atoms with van der Waals surface area (Å²) in [4.78, 5) is 38.0. The van der Waals surface area contributed by atoms with Crippen LogP contribution in [0.4, 0.5) is 0 Å².